The molecule has 0 fully saturated rings. The van der Waals surface area contributed by atoms with E-state index in [1.54, 1.807) is 13.3 Å². The Morgan fingerprint density at radius 2 is 2.18 bits per heavy atom. The van der Waals surface area contributed by atoms with Crippen molar-refractivity contribution in [2.75, 3.05) is 13.9 Å². The number of fused-ring (bicyclic) bond motifs is 1. The molecule has 0 aliphatic carbocycles. The third kappa shape index (κ3) is 2.08. The Labute approximate surface area is 131 Å². The summed E-state index contributed by atoms with van der Waals surface area (Å²) in [5, 5.41) is 2.02. The minimum atomic E-state index is 0.210. The van der Waals surface area contributed by atoms with Gasteiger partial charge in [0.2, 0.25) is 12.5 Å². The molecule has 0 unspecified atom stereocenters. The molecule has 110 valence electrons. The molecule has 4 rings (SSSR count). The monoisotopic (exact) mass is 312 g/mol. The molecule has 22 heavy (non-hydrogen) atoms. The molecule has 0 N–H and O–H groups in total. The Balaban J connectivity index is 1.86. The quantitative estimate of drug-likeness (QED) is 0.739. The van der Waals surface area contributed by atoms with Crippen LogP contribution >= 0.6 is 11.5 Å². The Hall–Kier alpha value is -2.60. The molecule has 0 radical (unpaired) electrons. The lowest BCUT2D eigenvalue weighted by atomic mass is 10.0. The van der Waals surface area contributed by atoms with Crippen LogP contribution in [0.15, 0.2) is 42.0 Å². The zero-order chi connectivity index (χ0) is 14.9. The van der Waals surface area contributed by atoms with Crippen molar-refractivity contribution in [3.05, 3.63) is 42.0 Å². The first-order valence-corrected chi connectivity index (χ1v) is 7.53. The summed E-state index contributed by atoms with van der Waals surface area (Å²) in [4.78, 5) is 4.17. The van der Waals surface area contributed by atoms with Crippen molar-refractivity contribution in [1.29, 1.82) is 0 Å². The van der Waals surface area contributed by atoms with Crippen molar-refractivity contribution in [1.82, 2.24) is 9.36 Å². The Morgan fingerprint density at radius 1 is 1.23 bits per heavy atom. The van der Waals surface area contributed by atoms with Gasteiger partial charge in [0.1, 0.15) is 0 Å². The largest absolute Gasteiger partial charge is 0.493 e. The molecule has 0 atom stereocenters. The van der Waals surface area contributed by atoms with E-state index in [2.05, 4.69) is 9.36 Å². The van der Waals surface area contributed by atoms with Gasteiger partial charge in [-0.05, 0) is 29.7 Å². The van der Waals surface area contributed by atoms with Crippen LogP contribution in [0.2, 0.25) is 0 Å². The minimum Gasteiger partial charge on any atom is -0.493 e. The number of rotatable bonds is 3. The average Bonchev–Trinajstić information content (AvgIpc) is 3.23. The molecule has 6 heteroatoms. The van der Waals surface area contributed by atoms with Crippen LogP contribution in [0, 0.1) is 0 Å². The number of benzene rings is 1. The van der Waals surface area contributed by atoms with E-state index in [0.717, 1.165) is 22.4 Å². The summed E-state index contributed by atoms with van der Waals surface area (Å²) >= 11 is 1.41. The number of hydrogen-bond acceptors (Lipinski definition) is 6. The Kier molecular flexibility index (Phi) is 3.16. The first-order valence-electron chi connectivity index (χ1n) is 6.69. The van der Waals surface area contributed by atoms with Crippen LogP contribution in [0.1, 0.15) is 0 Å². The molecule has 1 aromatic carbocycles. The van der Waals surface area contributed by atoms with E-state index < -0.39 is 0 Å². The van der Waals surface area contributed by atoms with Gasteiger partial charge in [0.15, 0.2) is 11.5 Å². The first kappa shape index (κ1) is 13.1. The SMILES string of the molecule is COc1cc(-c2nscc2-c2cccnc2)cc2c1OCO2. The summed E-state index contributed by atoms with van der Waals surface area (Å²) in [5.41, 5.74) is 3.89. The maximum absolute atomic E-state index is 5.49. The standard InChI is InChI=1S/C16H12N2O3S/c1-19-13-5-11(6-14-16(13)21-9-20-14)15-12(8-22-18-15)10-3-2-4-17-7-10/h2-8H,9H2,1H3. The second-order valence-corrected chi connectivity index (χ2v) is 5.36. The number of methoxy groups -OCH3 is 1. The van der Waals surface area contributed by atoms with E-state index >= 15 is 0 Å². The van der Waals surface area contributed by atoms with Gasteiger partial charge in [-0.2, -0.15) is 4.37 Å². The molecular formula is C16H12N2O3S. The fraction of sp³-hybridized carbons (Fsp3) is 0.125. The van der Waals surface area contributed by atoms with E-state index in [1.807, 2.05) is 35.8 Å². The molecular weight excluding hydrogens is 300 g/mol. The van der Waals surface area contributed by atoms with Crippen LogP contribution in [-0.4, -0.2) is 23.3 Å². The Bertz CT molecular complexity index is 818. The molecule has 0 saturated carbocycles. The molecule has 1 aliphatic heterocycles. The second-order valence-electron chi connectivity index (χ2n) is 4.73. The lowest BCUT2D eigenvalue weighted by molar-refractivity contribution is 0.171. The molecule has 5 nitrogen and oxygen atoms in total. The third-order valence-corrected chi connectivity index (χ3v) is 4.10. The number of hydrogen-bond donors (Lipinski definition) is 0. The van der Waals surface area contributed by atoms with Crippen LogP contribution in [0.25, 0.3) is 22.4 Å². The zero-order valence-corrected chi connectivity index (χ0v) is 12.6. The van der Waals surface area contributed by atoms with Crippen molar-refractivity contribution >= 4 is 11.5 Å². The van der Waals surface area contributed by atoms with Gasteiger partial charge in [-0.15, -0.1) is 0 Å². The van der Waals surface area contributed by atoms with Crippen LogP contribution in [-0.2, 0) is 0 Å². The van der Waals surface area contributed by atoms with Gasteiger partial charge in [-0.1, -0.05) is 6.07 Å². The summed E-state index contributed by atoms with van der Waals surface area (Å²) in [6.45, 7) is 0.210. The van der Waals surface area contributed by atoms with Gasteiger partial charge < -0.3 is 14.2 Å². The Morgan fingerprint density at radius 3 is 3.00 bits per heavy atom. The van der Waals surface area contributed by atoms with Crippen molar-refractivity contribution in [2.45, 2.75) is 0 Å². The van der Waals surface area contributed by atoms with Crippen LogP contribution in [0.5, 0.6) is 17.2 Å². The van der Waals surface area contributed by atoms with E-state index in [4.69, 9.17) is 14.2 Å². The zero-order valence-electron chi connectivity index (χ0n) is 11.8. The molecule has 0 saturated heterocycles. The highest BCUT2D eigenvalue weighted by Crippen LogP contribution is 2.45. The van der Waals surface area contributed by atoms with Gasteiger partial charge in [-0.3, -0.25) is 4.98 Å². The fourth-order valence-electron chi connectivity index (χ4n) is 2.44. The lowest BCUT2D eigenvalue weighted by Crippen LogP contribution is -1.93. The van der Waals surface area contributed by atoms with E-state index in [0.29, 0.717) is 17.2 Å². The predicted octanol–water partition coefficient (Wildman–Crippen LogP) is 3.61. The molecule has 3 aromatic rings. The second kappa shape index (κ2) is 5.31. The van der Waals surface area contributed by atoms with Gasteiger partial charge in [0, 0.05) is 34.5 Å². The summed E-state index contributed by atoms with van der Waals surface area (Å²) in [6.07, 6.45) is 3.59. The van der Waals surface area contributed by atoms with Gasteiger partial charge in [-0.25, -0.2) is 0 Å². The van der Waals surface area contributed by atoms with E-state index in [9.17, 15) is 0 Å². The highest BCUT2D eigenvalue weighted by molar-refractivity contribution is 7.04. The lowest BCUT2D eigenvalue weighted by Gasteiger charge is -2.08. The number of ether oxygens (including phenoxy) is 3. The first-order chi connectivity index (χ1) is 10.9. The van der Waals surface area contributed by atoms with Crippen LogP contribution in [0.3, 0.4) is 0 Å². The minimum absolute atomic E-state index is 0.210. The fourth-order valence-corrected chi connectivity index (χ4v) is 3.15. The molecule has 0 spiro atoms. The summed E-state index contributed by atoms with van der Waals surface area (Å²) < 4.78 is 20.8. The number of pyridine rings is 1. The van der Waals surface area contributed by atoms with Crippen molar-refractivity contribution in [3.63, 3.8) is 0 Å². The number of aromatic nitrogens is 2. The maximum Gasteiger partial charge on any atom is 0.231 e. The van der Waals surface area contributed by atoms with Gasteiger partial charge in [0.25, 0.3) is 0 Å². The van der Waals surface area contributed by atoms with Gasteiger partial charge >= 0.3 is 0 Å². The highest BCUT2D eigenvalue weighted by Gasteiger charge is 2.22. The van der Waals surface area contributed by atoms with E-state index in [-0.39, 0.29) is 6.79 Å². The summed E-state index contributed by atoms with van der Waals surface area (Å²) in [6, 6.07) is 7.78. The van der Waals surface area contributed by atoms with E-state index in [1.165, 1.54) is 11.5 Å². The predicted molar refractivity (Wildman–Crippen MR) is 83.5 cm³/mol. The van der Waals surface area contributed by atoms with Crippen LogP contribution in [0.4, 0.5) is 0 Å². The van der Waals surface area contributed by atoms with Crippen molar-refractivity contribution in [3.8, 4) is 39.6 Å². The molecule has 0 bridgehead atoms. The topological polar surface area (TPSA) is 53.5 Å². The van der Waals surface area contributed by atoms with Crippen molar-refractivity contribution in [2.24, 2.45) is 0 Å². The molecule has 0 amide bonds. The maximum atomic E-state index is 5.49. The van der Waals surface area contributed by atoms with Crippen LogP contribution < -0.4 is 14.2 Å². The van der Waals surface area contributed by atoms with Crippen molar-refractivity contribution < 1.29 is 14.2 Å². The number of nitrogens with zero attached hydrogens (tertiary/aromatic N) is 2. The van der Waals surface area contributed by atoms with Gasteiger partial charge in [0.05, 0.1) is 12.8 Å². The summed E-state index contributed by atoms with van der Waals surface area (Å²) in [7, 11) is 1.62. The normalized spacial score (nSPS) is 12.4. The smallest absolute Gasteiger partial charge is 0.231 e. The molecule has 2 aromatic heterocycles. The highest BCUT2D eigenvalue weighted by atomic mass is 32.1. The molecule has 1 aliphatic rings. The third-order valence-electron chi connectivity index (χ3n) is 3.47. The summed E-state index contributed by atoms with van der Waals surface area (Å²) in [5.74, 6) is 1.97. The molecule has 3 heterocycles. The average molecular weight is 312 g/mol.